The van der Waals surface area contributed by atoms with E-state index in [0.717, 1.165) is 9.56 Å². The van der Waals surface area contributed by atoms with Crippen molar-refractivity contribution in [3.63, 3.8) is 0 Å². The smallest absolute Gasteiger partial charge is 0.263 e. The van der Waals surface area contributed by atoms with E-state index in [1.54, 1.807) is 6.20 Å². The summed E-state index contributed by atoms with van der Waals surface area (Å²) in [5, 5.41) is 4.04. The summed E-state index contributed by atoms with van der Waals surface area (Å²) < 4.78 is 39.6. The normalized spacial score (nSPS) is 12.4. The van der Waals surface area contributed by atoms with E-state index in [2.05, 4.69) is 10.1 Å². The van der Waals surface area contributed by atoms with Gasteiger partial charge in [-0.3, -0.25) is 4.68 Å². The first-order valence-electron chi connectivity index (χ1n) is 5.36. The fourth-order valence-corrected chi connectivity index (χ4v) is 2.54. The third-order valence-electron chi connectivity index (χ3n) is 2.53. The minimum absolute atomic E-state index is 0.0434. The summed E-state index contributed by atoms with van der Waals surface area (Å²) in [5.74, 6) is 0.252. The number of hydrogen-bond donors (Lipinski definition) is 0. The van der Waals surface area contributed by atoms with Crippen LogP contribution in [-0.2, 0) is 13.2 Å². The molecule has 18 heavy (non-hydrogen) atoms. The second kappa shape index (κ2) is 4.38. The van der Waals surface area contributed by atoms with Crippen molar-refractivity contribution in [3.05, 3.63) is 23.0 Å². The van der Waals surface area contributed by atoms with E-state index in [4.69, 9.17) is 0 Å². The highest BCUT2D eigenvalue weighted by molar-refractivity contribution is 7.15. The number of alkyl halides is 3. The van der Waals surface area contributed by atoms with Gasteiger partial charge in [0, 0.05) is 18.1 Å². The minimum Gasteiger partial charge on any atom is -0.263 e. The van der Waals surface area contributed by atoms with Crippen LogP contribution in [0.3, 0.4) is 0 Å². The molecule has 0 saturated carbocycles. The Morgan fingerprint density at radius 3 is 2.44 bits per heavy atom. The van der Waals surface area contributed by atoms with E-state index in [1.165, 1.54) is 24.6 Å². The summed E-state index contributed by atoms with van der Waals surface area (Å²) in [6.45, 7) is 3.95. The minimum atomic E-state index is -4.43. The maximum Gasteiger partial charge on any atom is 0.433 e. The molecule has 0 amide bonds. The van der Waals surface area contributed by atoms with Gasteiger partial charge in [-0.05, 0) is 5.92 Å². The van der Waals surface area contributed by atoms with Crippen LogP contribution in [0.2, 0.25) is 0 Å². The van der Waals surface area contributed by atoms with E-state index in [9.17, 15) is 13.2 Å². The molecular formula is C11H12F3N3S. The molecule has 0 atom stereocenters. The maximum atomic E-state index is 12.9. The van der Waals surface area contributed by atoms with Crippen molar-refractivity contribution in [3.8, 4) is 10.6 Å². The van der Waals surface area contributed by atoms with Gasteiger partial charge in [0.05, 0.1) is 11.8 Å². The van der Waals surface area contributed by atoms with Crippen LogP contribution in [-0.4, -0.2) is 14.8 Å². The standard InChI is InChI=1S/C11H12F3N3S/c1-6(2)8-5-15-10(18-8)7-4-16-17(3)9(7)11(12,13)14/h4-6H,1-3H3. The first-order chi connectivity index (χ1) is 8.30. The van der Waals surface area contributed by atoms with Gasteiger partial charge in [-0.15, -0.1) is 11.3 Å². The molecule has 0 aliphatic heterocycles. The van der Waals surface area contributed by atoms with E-state index < -0.39 is 11.9 Å². The van der Waals surface area contributed by atoms with E-state index >= 15 is 0 Å². The molecular weight excluding hydrogens is 263 g/mol. The molecule has 0 aromatic carbocycles. The zero-order valence-electron chi connectivity index (χ0n) is 10.1. The average molecular weight is 275 g/mol. The molecule has 0 aliphatic rings. The van der Waals surface area contributed by atoms with Crippen LogP contribution in [0.25, 0.3) is 10.6 Å². The monoisotopic (exact) mass is 275 g/mol. The quantitative estimate of drug-likeness (QED) is 0.837. The Labute approximate surface area is 106 Å². The summed E-state index contributed by atoms with van der Waals surface area (Å²) in [4.78, 5) is 5.02. The number of thiazole rings is 1. The molecule has 0 fully saturated rings. The van der Waals surface area contributed by atoms with Gasteiger partial charge in [0.1, 0.15) is 5.01 Å². The van der Waals surface area contributed by atoms with Crippen molar-refractivity contribution in [2.75, 3.05) is 0 Å². The van der Waals surface area contributed by atoms with E-state index in [1.807, 2.05) is 13.8 Å². The van der Waals surface area contributed by atoms with Gasteiger partial charge in [0.15, 0.2) is 5.69 Å². The van der Waals surface area contributed by atoms with Crippen LogP contribution < -0.4 is 0 Å². The van der Waals surface area contributed by atoms with Crippen molar-refractivity contribution < 1.29 is 13.2 Å². The summed E-state index contributed by atoms with van der Waals surface area (Å²) in [7, 11) is 1.28. The largest absolute Gasteiger partial charge is 0.433 e. The zero-order valence-corrected chi connectivity index (χ0v) is 10.9. The molecule has 2 heterocycles. The number of aryl methyl sites for hydroxylation is 1. The lowest BCUT2D eigenvalue weighted by Gasteiger charge is -2.08. The first kappa shape index (κ1) is 13.1. The Bertz CT molecular complexity index is 554. The Hall–Kier alpha value is -1.37. The molecule has 0 saturated heterocycles. The summed E-state index contributed by atoms with van der Waals surface area (Å²) in [6, 6.07) is 0. The van der Waals surface area contributed by atoms with Gasteiger partial charge >= 0.3 is 6.18 Å². The third-order valence-corrected chi connectivity index (χ3v) is 3.86. The lowest BCUT2D eigenvalue weighted by Crippen LogP contribution is -2.12. The predicted octanol–water partition coefficient (Wildman–Crippen LogP) is 3.69. The molecule has 0 N–H and O–H groups in total. The summed E-state index contributed by atoms with van der Waals surface area (Å²) in [5.41, 5.74) is -0.714. The molecule has 3 nitrogen and oxygen atoms in total. The maximum absolute atomic E-state index is 12.9. The van der Waals surface area contributed by atoms with Crippen LogP contribution in [0.1, 0.15) is 30.3 Å². The topological polar surface area (TPSA) is 30.7 Å². The van der Waals surface area contributed by atoms with Crippen LogP contribution in [0.15, 0.2) is 12.4 Å². The molecule has 7 heteroatoms. The Kier molecular flexibility index (Phi) is 3.18. The molecule has 2 aromatic rings. The fraction of sp³-hybridized carbons (Fsp3) is 0.455. The molecule has 2 aromatic heterocycles. The van der Waals surface area contributed by atoms with Crippen LogP contribution in [0.5, 0.6) is 0 Å². The lowest BCUT2D eigenvalue weighted by molar-refractivity contribution is -0.143. The van der Waals surface area contributed by atoms with Crippen LogP contribution >= 0.6 is 11.3 Å². The zero-order chi connectivity index (χ0) is 13.5. The summed E-state index contributed by atoms with van der Waals surface area (Å²) in [6.07, 6.45) is -1.59. The average Bonchev–Trinajstić information content (AvgIpc) is 2.81. The number of aromatic nitrogens is 3. The highest BCUT2D eigenvalue weighted by Crippen LogP contribution is 2.38. The molecule has 0 radical (unpaired) electrons. The molecule has 0 bridgehead atoms. The van der Waals surface area contributed by atoms with Gasteiger partial charge in [-0.25, -0.2) is 4.98 Å². The van der Waals surface area contributed by atoms with Gasteiger partial charge in [0.25, 0.3) is 0 Å². The number of halogens is 3. The van der Waals surface area contributed by atoms with Crippen molar-refractivity contribution in [2.24, 2.45) is 7.05 Å². The second-order valence-corrected chi connectivity index (χ2v) is 5.31. The fourth-order valence-electron chi connectivity index (χ4n) is 1.61. The molecule has 0 spiro atoms. The van der Waals surface area contributed by atoms with E-state index in [0.29, 0.717) is 5.01 Å². The van der Waals surface area contributed by atoms with Crippen molar-refractivity contribution in [2.45, 2.75) is 25.9 Å². The van der Waals surface area contributed by atoms with Crippen molar-refractivity contribution >= 4 is 11.3 Å². The van der Waals surface area contributed by atoms with Crippen molar-refractivity contribution in [1.82, 2.24) is 14.8 Å². The molecule has 0 aliphatic carbocycles. The first-order valence-corrected chi connectivity index (χ1v) is 6.17. The molecule has 0 unspecified atom stereocenters. The Morgan fingerprint density at radius 1 is 1.28 bits per heavy atom. The summed E-state index contributed by atoms with van der Waals surface area (Å²) >= 11 is 1.27. The Morgan fingerprint density at radius 2 is 1.94 bits per heavy atom. The van der Waals surface area contributed by atoms with Gasteiger partial charge < -0.3 is 0 Å². The number of hydrogen-bond acceptors (Lipinski definition) is 3. The van der Waals surface area contributed by atoms with Crippen LogP contribution in [0.4, 0.5) is 13.2 Å². The van der Waals surface area contributed by atoms with Gasteiger partial charge in [-0.1, -0.05) is 13.8 Å². The van der Waals surface area contributed by atoms with Crippen LogP contribution in [0, 0.1) is 0 Å². The highest BCUT2D eigenvalue weighted by Gasteiger charge is 2.38. The molecule has 98 valence electrons. The van der Waals surface area contributed by atoms with Gasteiger partial charge in [0.2, 0.25) is 0 Å². The Balaban J connectivity index is 2.51. The van der Waals surface area contributed by atoms with E-state index in [-0.39, 0.29) is 11.5 Å². The second-order valence-electron chi connectivity index (χ2n) is 4.25. The number of nitrogens with zero attached hydrogens (tertiary/aromatic N) is 3. The molecule has 2 rings (SSSR count). The van der Waals surface area contributed by atoms with Crippen molar-refractivity contribution in [1.29, 1.82) is 0 Å². The number of rotatable bonds is 2. The SMILES string of the molecule is CC(C)c1cnc(-c2cnn(C)c2C(F)(F)F)s1. The third kappa shape index (κ3) is 2.27. The van der Waals surface area contributed by atoms with Gasteiger partial charge in [-0.2, -0.15) is 18.3 Å². The predicted molar refractivity (Wildman–Crippen MR) is 63.4 cm³/mol. The highest BCUT2D eigenvalue weighted by atomic mass is 32.1. The lowest BCUT2D eigenvalue weighted by atomic mass is 10.2.